The summed E-state index contributed by atoms with van der Waals surface area (Å²) < 4.78 is 43.6. The molecule has 0 saturated carbocycles. The van der Waals surface area contributed by atoms with E-state index < -0.39 is 17.8 Å². The number of aromatic hydroxyl groups is 1. The molecule has 160 valence electrons. The van der Waals surface area contributed by atoms with Crippen LogP contribution in [0.1, 0.15) is 22.8 Å². The van der Waals surface area contributed by atoms with Gasteiger partial charge in [0.1, 0.15) is 11.5 Å². The first-order valence-electron chi connectivity index (χ1n) is 9.36. The van der Waals surface area contributed by atoms with Crippen LogP contribution in [0.15, 0.2) is 48.5 Å². The molecule has 2 aromatic carbocycles. The molecule has 0 aromatic heterocycles. The fourth-order valence-electron chi connectivity index (χ4n) is 3.15. The first kappa shape index (κ1) is 21.5. The predicted molar refractivity (Wildman–Crippen MR) is 102 cm³/mol. The van der Waals surface area contributed by atoms with E-state index in [0.29, 0.717) is 18.8 Å². The van der Waals surface area contributed by atoms with E-state index in [9.17, 15) is 27.9 Å². The number of alkyl halides is 3. The second kappa shape index (κ2) is 8.64. The number of phenolic OH excluding ortho intramolecular Hbond substituents is 1. The smallest absolute Gasteiger partial charge is 0.416 e. The van der Waals surface area contributed by atoms with Crippen LogP contribution in [0.3, 0.4) is 0 Å². The van der Waals surface area contributed by atoms with E-state index in [1.165, 1.54) is 17.0 Å². The zero-order valence-electron chi connectivity index (χ0n) is 16.2. The molecule has 1 unspecified atom stereocenters. The summed E-state index contributed by atoms with van der Waals surface area (Å²) >= 11 is 0. The minimum Gasteiger partial charge on any atom is -0.508 e. The van der Waals surface area contributed by atoms with E-state index in [1.54, 1.807) is 24.0 Å². The Bertz CT molecular complexity index is 890. The van der Waals surface area contributed by atoms with Crippen LogP contribution in [0.25, 0.3) is 0 Å². The summed E-state index contributed by atoms with van der Waals surface area (Å²) in [5, 5.41) is 9.29. The molecule has 1 aliphatic rings. The largest absolute Gasteiger partial charge is 0.508 e. The van der Waals surface area contributed by atoms with Crippen LogP contribution < -0.4 is 4.74 Å². The third-order valence-corrected chi connectivity index (χ3v) is 4.84. The lowest BCUT2D eigenvalue weighted by molar-refractivity contribution is -0.139. The van der Waals surface area contributed by atoms with Crippen molar-refractivity contribution in [3.8, 4) is 11.5 Å². The number of piperazine rings is 1. The monoisotopic (exact) mass is 422 g/mol. The van der Waals surface area contributed by atoms with E-state index in [4.69, 9.17) is 4.74 Å². The number of phenols is 1. The van der Waals surface area contributed by atoms with Crippen LogP contribution >= 0.6 is 0 Å². The summed E-state index contributed by atoms with van der Waals surface area (Å²) in [6.45, 7) is 2.77. The molecule has 1 N–H and O–H groups in total. The fourth-order valence-corrected chi connectivity index (χ4v) is 3.15. The van der Waals surface area contributed by atoms with Crippen molar-refractivity contribution in [3.05, 3.63) is 59.7 Å². The number of halogens is 3. The Hall–Kier alpha value is -3.23. The van der Waals surface area contributed by atoms with Gasteiger partial charge in [-0.25, -0.2) is 0 Å². The van der Waals surface area contributed by atoms with Gasteiger partial charge in [0.05, 0.1) is 5.56 Å². The lowest BCUT2D eigenvalue weighted by atomic mass is 10.1. The Kier molecular flexibility index (Phi) is 6.19. The zero-order valence-corrected chi connectivity index (χ0v) is 16.2. The van der Waals surface area contributed by atoms with E-state index >= 15 is 0 Å². The number of nitrogens with zero attached hydrogens (tertiary/aromatic N) is 2. The van der Waals surface area contributed by atoms with Crippen LogP contribution in [0.2, 0.25) is 0 Å². The molecule has 1 fully saturated rings. The highest BCUT2D eigenvalue weighted by Gasteiger charge is 2.31. The molecule has 2 aromatic rings. The minimum absolute atomic E-state index is 0.0927. The highest BCUT2D eigenvalue weighted by atomic mass is 19.4. The molecule has 0 radical (unpaired) electrons. The normalized spacial score (nSPS) is 15.6. The molecule has 6 nitrogen and oxygen atoms in total. The summed E-state index contributed by atoms with van der Waals surface area (Å²) in [5.41, 5.74) is -0.635. The molecule has 1 heterocycles. The van der Waals surface area contributed by atoms with Gasteiger partial charge in [-0.3, -0.25) is 9.59 Å². The van der Waals surface area contributed by atoms with Gasteiger partial charge in [-0.15, -0.1) is 0 Å². The number of hydrogen-bond acceptors (Lipinski definition) is 4. The number of rotatable bonds is 4. The van der Waals surface area contributed by atoms with Crippen molar-refractivity contribution in [2.45, 2.75) is 19.2 Å². The Balaban J connectivity index is 1.54. The molecule has 2 amide bonds. The number of ether oxygens (including phenoxy) is 1. The highest BCUT2D eigenvalue weighted by Crippen LogP contribution is 2.29. The molecule has 1 atom stereocenters. The quantitative estimate of drug-likeness (QED) is 0.822. The summed E-state index contributed by atoms with van der Waals surface area (Å²) in [6, 6.07) is 10.1. The van der Waals surface area contributed by atoms with Crippen molar-refractivity contribution in [3.63, 3.8) is 0 Å². The van der Waals surface area contributed by atoms with E-state index in [-0.39, 0.29) is 36.2 Å². The van der Waals surface area contributed by atoms with Crippen molar-refractivity contribution in [2.24, 2.45) is 0 Å². The Morgan fingerprint density at radius 2 is 1.47 bits per heavy atom. The minimum atomic E-state index is -4.45. The van der Waals surface area contributed by atoms with Crippen LogP contribution in [0, 0.1) is 0 Å². The summed E-state index contributed by atoms with van der Waals surface area (Å²) in [4.78, 5) is 28.2. The summed E-state index contributed by atoms with van der Waals surface area (Å²) in [7, 11) is 0. The second-order valence-electron chi connectivity index (χ2n) is 6.95. The summed E-state index contributed by atoms with van der Waals surface area (Å²) in [5.74, 6) is -0.0612. The molecule has 30 heavy (non-hydrogen) atoms. The molecule has 0 aliphatic carbocycles. The predicted octanol–water partition coefficient (Wildman–Crippen LogP) is 3.16. The maximum Gasteiger partial charge on any atom is 0.416 e. The first-order valence-corrected chi connectivity index (χ1v) is 9.36. The second-order valence-corrected chi connectivity index (χ2v) is 6.95. The van der Waals surface area contributed by atoms with Crippen molar-refractivity contribution in [2.75, 3.05) is 26.2 Å². The molecule has 9 heteroatoms. The average Bonchev–Trinajstić information content (AvgIpc) is 2.74. The van der Waals surface area contributed by atoms with Gasteiger partial charge in [-0.05, 0) is 55.5 Å². The molecular formula is C21H21F3N2O4. The van der Waals surface area contributed by atoms with E-state index in [0.717, 1.165) is 24.3 Å². The van der Waals surface area contributed by atoms with Crippen LogP contribution in [0.5, 0.6) is 11.5 Å². The first-order chi connectivity index (χ1) is 14.1. The Labute approximate surface area is 171 Å². The van der Waals surface area contributed by atoms with Crippen molar-refractivity contribution in [1.82, 2.24) is 9.80 Å². The van der Waals surface area contributed by atoms with Gasteiger partial charge >= 0.3 is 6.18 Å². The van der Waals surface area contributed by atoms with Gasteiger partial charge < -0.3 is 19.6 Å². The lowest BCUT2D eigenvalue weighted by Crippen LogP contribution is -2.53. The Morgan fingerprint density at radius 1 is 0.933 bits per heavy atom. The SMILES string of the molecule is CC(Oc1ccc(O)cc1)C(=O)N1CCN(C(=O)c2ccc(C(F)(F)F)cc2)CC1. The average molecular weight is 422 g/mol. The van der Waals surface area contributed by atoms with Crippen LogP contribution in [-0.2, 0) is 11.0 Å². The summed E-state index contributed by atoms with van der Waals surface area (Å²) in [6.07, 6.45) is -5.20. The number of carbonyl (C=O) groups is 2. The van der Waals surface area contributed by atoms with E-state index in [2.05, 4.69) is 0 Å². The number of benzene rings is 2. The fraction of sp³-hybridized carbons (Fsp3) is 0.333. The van der Waals surface area contributed by atoms with Crippen molar-refractivity contribution < 1.29 is 32.6 Å². The van der Waals surface area contributed by atoms with Crippen molar-refractivity contribution >= 4 is 11.8 Å². The molecule has 1 saturated heterocycles. The molecule has 3 rings (SSSR count). The molecule has 1 aliphatic heterocycles. The van der Waals surface area contributed by atoms with Gasteiger partial charge in [0, 0.05) is 31.7 Å². The highest BCUT2D eigenvalue weighted by molar-refractivity contribution is 5.94. The molecule has 0 spiro atoms. The third-order valence-electron chi connectivity index (χ3n) is 4.84. The standard InChI is InChI=1S/C21H21F3N2O4/c1-14(30-18-8-6-17(27)7-9-18)19(28)25-10-12-26(13-11-25)20(29)15-2-4-16(5-3-15)21(22,23)24/h2-9,14,27H,10-13H2,1H3. The third kappa shape index (κ3) is 5.03. The molecule has 0 bridgehead atoms. The van der Waals surface area contributed by atoms with Gasteiger partial charge in [0.25, 0.3) is 11.8 Å². The van der Waals surface area contributed by atoms with Gasteiger partial charge in [-0.2, -0.15) is 13.2 Å². The Morgan fingerprint density at radius 3 is 2.00 bits per heavy atom. The maximum atomic E-state index is 12.7. The number of hydrogen-bond donors (Lipinski definition) is 1. The van der Waals surface area contributed by atoms with Crippen LogP contribution in [0.4, 0.5) is 13.2 Å². The van der Waals surface area contributed by atoms with Gasteiger partial charge in [0.2, 0.25) is 0 Å². The van der Waals surface area contributed by atoms with E-state index in [1.807, 2.05) is 0 Å². The van der Waals surface area contributed by atoms with Crippen LogP contribution in [-0.4, -0.2) is 59.0 Å². The zero-order chi connectivity index (χ0) is 21.9. The maximum absolute atomic E-state index is 12.7. The topological polar surface area (TPSA) is 70.1 Å². The van der Waals surface area contributed by atoms with Gasteiger partial charge in [-0.1, -0.05) is 0 Å². The lowest BCUT2D eigenvalue weighted by Gasteiger charge is -2.36. The number of carbonyl (C=O) groups excluding carboxylic acids is 2. The van der Waals surface area contributed by atoms with Crippen molar-refractivity contribution in [1.29, 1.82) is 0 Å². The molecular weight excluding hydrogens is 401 g/mol. The van der Waals surface area contributed by atoms with Gasteiger partial charge in [0.15, 0.2) is 6.10 Å². The number of amides is 2.